The summed E-state index contributed by atoms with van der Waals surface area (Å²) in [7, 11) is 0. The van der Waals surface area contributed by atoms with Crippen molar-refractivity contribution in [3.05, 3.63) is 71.3 Å². The van der Waals surface area contributed by atoms with Gasteiger partial charge in [-0.25, -0.2) is 0 Å². The first-order valence-electron chi connectivity index (χ1n) is 13.5. The van der Waals surface area contributed by atoms with Gasteiger partial charge < -0.3 is 20.9 Å². The van der Waals surface area contributed by atoms with Gasteiger partial charge in [0, 0.05) is 18.7 Å². The summed E-state index contributed by atoms with van der Waals surface area (Å²) in [6.07, 6.45) is 1.08. The third kappa shape index (κ3) is 4.41. The van der Waals surface area contributed by atoms with Crippen LogP contribution in [0.15, 0.2) is 54.6 Å². The molecule has 2 heterocycles. The second-order valence-electron chi connectivity index (χ2n) is 11.2. The lowest BCUT2D eigenvalue weighted by Gasteiger charge is -2.30. The number of carbonyl (C=O) groups is 4. The summed E-state index contributed by atoms with van der Waals surface area (Å²) >= 11 is 0. The van der Waals surface area contributed by atoms with Gasteiger partial charge in [-0.2, -0.15) is 0 Å². The summed E-state index contributed by atoms with van der Waals surface area (Å²) in [6.45, 7) is 6.65. The van der Waals surface area contributed by atoms with E-state index in [9.17, 15) is 19.2 Å². The molecule has 8 nitrogen and oxygen atoms in total. The molecule has 2 aromatic carbocycles. The Bertz CT molecular complexity index is 1260. The van der Waals surface area contributed by atoms with E-state index in [1.807, 2.05) is 57.2 Å². The monoisotopic (exact) mass is 516 g/mol. The predicted molar refractivity (Wildman–Crippen MR) is 143 cm³/mol. The first-order chi connectivity index (χ1) is 18.2. The molecular weight excluding hydrogens is 480 g/mol. The maximum atomic E-state index is 14.1. The zero-order valence-electron chi connectivity index (χ0n) is 22.2. The molecule has 2 aromatic rings. The average molecular weight is 517 g/mol. The standard InChI is InChI=1S/C30H36N4O4/c1-18(2)23-15-30(23,32-27(36)22-11-7-8-20(14-22)16-31)29(38)33-13-12-24-26(33)25(35)17-34(24)28(37)19(3)21-9-5-4-6-10-21/h4-11,14,18-19,23-24,26H,12-13,15-17,31H2,1-3H3,(H,32,36)/t19-,23?,24+,26-,30?/m0/s1. The number of benzene rings is 2. The van der Waals surface area contributed by atoms with Crippen LogP contribution in [0.4, 0.5) is 0 Å². The maximum absolute atomic E-state index is 14.1. The molecule has 0 radical (unpaired) electrons. The third-order valence-corrected chi connectivity index (χ3v) is 8.60. The van der Waals surface area contributed by atoms with E-state index in [1.165, 1.54) is 0 Å². The lowest BCUT2D eigenvalue weighted by molar-refractivity contribution is -0.139. The fraction of sp³-hybridized carbons (Fsp3) is 0.467. The molecule has 1 aliphatic carbocycles. The number of ketones is 1. The summed E-state index contributed by atoms with van der Waals surface area (Å²) in [5.74, 6) is -0.977. The van der Waals surface area contributed by atoms with E-state index in [0.29, 0.717) is 31.5 Å². The summed E-state index contributed by atoms with van der Waals surface area (Å²) in [6, 6.07) is 15.6. The molecule has 5 rings (SSSR count). The fourth-order valence-electron chi connectivity index (χ4n) is 6.38. The Kier molecular flexibility index (Phi) is 6.86. The highest BCUT2D eigenvalue weighted by Gasteiger charge is 2.65. The number of hydrogen-bond acceptors (Lipinski definition) is 5. The first kappa shape index (κ1) is 26.1. The fourth-order valence-corrected chi connectivity index (χ4v) is 6.38. The van der Waals surface area contributed by atoms with E-state index in [-0.39, 0.29) is 53.8 Å². The maximum Gasteiger partial charge on any atom is 0.252 e. The smallest absolute Gasteiger partial charge is 0.252 e. The van der Waals surface area contributed by atoms with Gasteiger partial charge in [-0.15, -0.1) is 0 Å². The number of nitrogens with zero attached hydrogens (tertiary/aromatic N) is 2. The molecule has 5 atom stereocenters. The van der Waals surface area contributed by atoms with Crippen molar-refractivity contribution in [1.82, 2.24) is 15.1 Å². The van der Waals surface area contributed by atoms with Crippen LogP contribution in [0.5, 0.6) is 0 Å². The van der Waals surface area contributed by atoms with E-state index >= 15 is 0 Å². The molecule has 38 heavy (non-hydrogen) atoms. The summed E-state index contributed by atoms with van der Waals surface area (Å²) < 4.78 is 0. The summed E-state index contributed by atoms with van der Waals surface area (Å²) in [5, 5.41) is 3.05. The van der Waals surface area contributed by atoms with Crippen LogP contribution < -0.4 is 11.1 Å². The quantitative estimate of drug-likeness (QED) is 0.587. The Labute approximate surface area is 223 Å². The van der Waals surface area contributed by atoms with Crippen LogP contribution in [0.2, 0.25) is 0 Å². The number of nitrogens with two attached hydrogens (primary N) is 1. The summed E-state index contributed by atoms with van der Waals surface area (Å²) in [4.78, 5) is 57.3. The van der Waals surface area contributed by atoms with Gasteiger partial charge in [0.05, 0.1) is 18.5 Å². The topological polar surface area (TPSA) is 113 Å². The molecular formula is C30H36N4O4. The number of carbonyl (C=O) groups excluding carboxylic acids is 4. The highest BCUT2D eigenvalue weighted by Crippen LogP contribution is 2.51. The van der Waals surface area contributed by atoms with Gasteiger partial charge in [-0.3, -0.25) is 19.2 Å². The molecule has 3 N–H and O–H groups in total. The molecule has 2 aliphatic heterocycles. The Balaban J connectivity index is 1.35. The number of amides is 3. The second-order valence-corrected chi connectivity index (χ2v) is 11.2. The van der Waals surface area contributed by atoms with Crippen molar-refractivity contribution >= 4 is 23.5 Å². The van der Waals surface area contributed by atoms with Gasteiger partial charge in [-0.1, -0.05) is 56.3 Å². The highest BCUT2D eigenvalue weighted by molar-refractivity contribution is 6.04. The lowest BCUT2D eigenvalue weighted by Crippen LogP contribution is -2.55. The van der Waals surface area contributed by atoms with Gasteiger partial charge in [-0.05, 0) is 54.9 Å². The first-order valence-corrected chi connectivity index (χ1v) is 13.5. The van der Waals surface area contributed by atoms with Crippen molar-refractivity contribution in [2.24, 2.45) is 17.6 Å². The minimum atomic E-state index is -1.05. The predicted octanol–water partition coefficient (Wildman–Crippen LogP) is 2.47. The third-order valence-electron chi connectivity index (χ3n) is 8.60. The van der Waals surface area contributed by atoms with Gasteiger partial charge in [0.2, 0.25) is 11.8 Å². The minimum absolute atomic E-state index is 0.00791. The lowest BCUT2D eigenvalue weighted by atomic mass is 9.99. The molecule has 3 aliphatic rings. The van der Waals surface area contributed by atoms with Crippen molar-refractivity contribution in [2.75, 3.05) is 13.1 Å². The van der Waals surface area contributed by atoms with Gasteiger partial charge in [0.25, 0.3) is 5.91 Å². The number of hydrogen-bond donors (Lipinski definition) is 2. The van der Waals surface area contributed by atoms with Crippen molar-refractivity contribution in [2.45, 2.75) is 63.7 Å². The molecule has 0 aromatic heterocycles. The van der Waals surface area contributed by atoms with Crippen LogP contribution in [0, 0.1) is 11.8 Å². The molecule has 2 unspecified atom stereocenters. The normalized spacial score (nSPS) is 26.9. The molecule has 2 saturated heterocycles. The van der Waals surface area contributed by atoms with E-state index in [2.05, 4.69) is 5.32 Å². The minimum Gasteiger partial charge on any atom is -0.337 e. The largest absolute Gasteiger partial charge is 0.337 e. The highest BCUT2D eigenvalue weighted by atomic mass is 16.2. The average Bonchev–Trinajstić information content (AvgIpc) is 3.35. The van der Waals surface area contributed by atoms with Crippen LogP contribution in [0.1, 0.15) is 61.0 Å². The molecule has 3 amide bonds. The van der Waals surface area contributed by atoms with Crippen LogP contribution in [-0.4, -0.2) is 64.0 Å². The van der Waals surface area contributed by atoms with E-state index in [1.54, 1.807) is 28.0 Å². The van der Waals surface area contributed by atoms with Crippen molar-refractivity contribution in [3.8, 4) is 0 Å². The zero-order valence-corrected chi connectivity index (χ0v) is 22.2. The molecule has 200 valence electrons. The number of nitrogens with one attached hydrogen (secondary N) is 1. The molecule has 3 fully saturated rings. The van der Waals surface area contributed by atoms with Crippen molar-refractivity contribution < 1.29 is 19.2 Å². The van der Waals surface area contributed by atoms with Gasteiger partial charge in [0.15, 0.2) is 5.78 Å². The van der Waals surface area contributed by atoms with E-state index < -0.39 is 11.6 Å². The Morgan fingerprint density at radius 1 is 1.05 bits per heavy atom. The molecule has 8 heteroatoms. The van der Waals surface area contributed by atoms with Crippen LogP contribution in [-0.2, 0) is 20.9 Å². The van der Waals surface area contributed by atoms with Crippen molar-refractivity contribution in [1.29, 1.82) is 0 Å². The SMILES string of the molecule is CC(C)C1CC1(NC(=O)c1cccc(CN)c1)C(=O)N1CC[C@@H]2[C@H]1C(=O)CN2C(=O)[C@@H](C)c1ccccc1. The van der Waals surface area contributed by atoms with Gasteiger partial charge in [0.1, 0.15) is 11.6 Å². The van der Waals surface area contributed by atoms with Gasteiger partial charge >= 0.3 is 0 Å². The van der Waals surface area contributed by atoms with E-state index in [0.717, 1.165) is 11.1 Å². The molecule has 0 bridgehead atoms. The van der Waals surface area contributed by atoms with Crippen LogP contribution in [0.3, 0.4) is 0 Å². The Morgan fingerprint density at radius 3 is 2.45 bits per heavy atom. The van der Waals surface area contributed by atoms with Crippen LogP contribution in [0.25, 0.3) is 0 Å². The Morgan fingerprint density at radius 2 is 1.79 bits per heavy atom. The number of Topliss-reactive ketones (excluding diaryl/α,β-unsaturated/α-hetero) is 1. The summed E-state index contributed by atoms with van der Waals surface area (Å²) in [5.41, 5.74) is 6.89. The zero-order chi connectivity index (χ0) is 27.2. The van der Waals surface area contributed by atoms with E-state index in [4.69, 9.17) is 5.73 Å². The van der Waals surface area contributed by atoms with Crippen LogP contribution >= 0.6 is 0 Å². The second kappa shape index (κ2) is 9.98. The Hall–Kier alpha value is -3.52. The van der Waals surface area contributed by atoms with Crippen molar-refractivity contribution in [3.63, 3.8) is 0 Å². The number of rotatable bonds is 7. The number of likely N-dealkylation sites (tertiary alicyclic amines) is 2. The molecule has 1 saturated carbocycles. The molecule has 0 spiro atoms. The number of fused-ring (bicyclic) bond motifs is 1.